The highest BCUT2D eigenvalue weighted by Gasteiger charge is 2.32. The Hall–Kier alpha value is -2.63. The molecule has 2 amide bonds. The van der Waals surface area contributed by atoms with Crippen molar-refractivity contribution < 1.29 is 34.0 Å². The Morgan fingerprint density at radius 3 is 2.43 bits per heavy atom. The van der Waals surface area contributed by atoms with Crippen molar-refractivity contribution in [3.05, 3.63) is 65.2 Å². The molecule has 1 fully saturated rings. The summed E-state index contributed by atoms with van der Waals surface area (Å²) >= 11 is 1.63. The lowest BCUT2D eigenvalue weighted by Crippen LogP contribution is -2.34. The molecule has 2 aromatic carbocycles. The number of anilines is 1. The fourth-order valence-electron chi connectivity index (χ4n) is 3.57. The van der Waals surface area contributed by atoms with Gasteiger partial charge < -0.3 is 35.1 Å². The molecule has 4 N–H and O–H groups in total. The van der Waals surface area contributed by atoms with Crippen LogP contribution in [-0.2, 0) is 25.6 Å². The number of thioether (sulfide) groups is 1. The van der Waals surface area contributed by atoms with Crippen LogP contribution < -0.4 is 10.6 Å². The van der Waals surface area contributed by atoms with E-state index in [-0.39, 0.29) is 38.6 Å². The standard InChI is InChI=1S/C25H32N2O7S/c1-2-32-23(30)14-26-25(31)27-20-9-7-19(8-10-20)24-33-21(16-35-12-11-28)13-22(34-24)18-5-3-17(15-29)4-6-18/h3-10,21-22,24,28-29H,2,11-16H2,1H3,(H2,26,27,31)/t21-,22+,24+/m0/s1. The van der Waals surface area contributed by atoms with E-state index in [1.165, 1.54) is 0 Å². The van der Waals surface area contributed by atoms with Crippen molar-refractivity contribution in [3.8, 4) is 0 Å². The average molecular weight is 505 g/mol. The third-order valence-corrected chi connectivity index (χ3v) is 6.37. The molecule has 1 aliphatic rings. The molecular weight excluding hydrogens is 472 g/mol. The maximum Gasteiger partial charge on any atom is 0.325 e. The van der Waals surface area contributed by atoms with Gasteiger partial charge in [-0.2, -0.15) is 11.8 Å². The summed E-state index contributed by atoms with van der Waals surface area (Å²) in [6.07, 6.45) is -0.183. The highest BCUT2D eigenvalue weighted by Crippen LogP contribution is 2.39. The molecule has 0 bridgehead atoms. The topological polar surface area (TPSA) is 126 Å². The van der Waals surface area contributed by atoms with Crippen LogP contribution in [0.3, 0.4) is 0 Å². The zero-order valence-electron chi connectivity index (χ0n) is 19.6. The van der Waals surface area contributed by atoms with E-state index in [2.05, 4.69) is 10.6 Å². The van der Waals surface area contributed by atoms with Crippen LogP contribution in [0, 0.1) is 0 Å². The highest BCUT2D eigenvalue weighted by atomic mass is 32.2. The molecule has 2 aromatic rings. The zero-order valence-corrected chi connectivity index (χ0v) is 20.5. The Bertz CT molecular complexity index is 940. The lowest BCUT2D eigenvalue weighted by atomic mass is 10.0. The molecule has 190 valence electrons. The summed E-state index contributed by atoms with van der Waals surface area (Å²) in [4.78, 5) is 23.4. The minimum absolute atomic E-state index is 0.0147. The molecule has 1 saturated heterocycles. The van der Waals surface area contributed by atoms with Crippen molar-refractivity contribution in [2.24, 2.45) is 0 Å². The van der Waals surface area contributed by atoms with Gasteiger partial charge in [0, 0.05) is 29.2 Å². The first-order valence-electron chi connectivity index (χ1n) is 11.5. The number of urea groups is 1. The number of aliphatic hydroxyl groups is 2. The van der Waals surface area contributed by atoms with E-state index in [0.29, 0.717) is 17.9 Å². The van der Waals surface area contributed by atoms with Crippen molar-refractivity contribution in [2.45, 2.75) is 38.4 Å². The SMILES string of the molecule is CCOC(=O)CNC(=O)Nc1ccc([C@@H]2O[C@H](CSCCO)C[C@H](c3ccc(CO)cc3)O2)cc1. The first-order chi connectivity index (χ1) is 17.0. The quantitative estimate of drug-likeness (QED) is 0.272. The molecule has 1 aliphatic heterocycles. The van der Waals surface area contributed by atoms with Gasteiger partial charge in [0.05, 0.1) is 32.0 Å². The Labute approximate surface area is 209 Å². The van der Waals surface area contributed by atoms with E-state index in [4.69, 9.17) is 19.3 Å². The van der Waals surface area contributed by atoms with Gasteiger partial charge in [0.1, 0.15) is 6.54 Å². The number of ether oxygens (including phenoxy) is 3. The lowest BCUT2D eigenvalue weighted by Gasteiger charge is -2.36. The smallest absolute Gasteiger partial charge is 0.325 e. The van der Waals surface area contributed by atoms with Crippen LogP contribution in [0.25, 0.3) is 0 Å². The molecule has 1 heterocycles. The molecule has 0 unspecified atom stereocenters. The Kier molecular flexibility index (Phi) is 10.8. The Morgan fingerprint density at radius 2 is 1.77 bits per heavy atom. The van der Waals surface area contributed by atoms with Crippen LogP contribution in [-0.4, -0.2) is 59.6 Å². The van der Waals surface area contributed by atoms with Crippen molar-refractivity contribution in [1.29, 1.82) is 0 Å². The molecule has 0 aromatic heterocycles. The van der Waals surface area contributed by atoms with Gasteiger partial charge in [-0.05, 0) is 30.2 Å². The number of benzene rings is 2. The number of esters is 1. The number of carbonyl (C=O) groups is 2. The maximum absolute atomic E-state index is 12.0. The summed E-state index contributed by atoms with van der Waals surface area (Å²) in [6, 6.07) is 14.3. The van der Waals surface area contributed by atoms with E-state index in [1.54, 1.807) is 30.8 Å². The third kappa shape index (κ3) is 8.52. The van der Waals surface area contributed by atoms with Gasteiger partial charge in [0.15, 0.2) is 6.29 Å². The second-order valence-corrected chi connectivity index (χ2v) is 9.03. The first kappa shape index (κ1) is 27.0. The van der Waals surface area contributed by atoms with Gasteiger partial charge in [-0.1, -0.05) is 36.4 Å². The van der Waals surface area contributed by atoms with Crippen LogP contribution in [0.5, 0.6) is 0 Å². The van der Waals surface area contributed by atoms with Crippen LogP contribution in [0.4, 0.5) is 10.5 Å². The number of hydrogen-bond acceptors (Lipinski definition) is 8. The predicted octanol–water partition coefficient (Wildman–Crippen LogP) is 3.13. The predicted molar refractivity (Wildman–Crippen MR) is 133 cm³/mol. The van der Waals surface area contributed by atoms with Gasteiger partial charge in [-0.3, -0.25) is 4.79 Å². The van der Waals surface area contributed by atoms with Gasteiger partial charge in [-0.25, -0.2) is 4.79 Å². The largest absolute Gasteiger partial charge is 0.465 e. The summed E-state index contributed by atoms with van der Waals surface area (Å²) < 4.78 is 17.3. The molecule has 10 heteroatoms. The molecule has 0 radical (unpaired) electrons. The molecule has 0 aliphatic carbocycles. The number of aliphatic hydroxyl groups excluding tert-OH is 2. The van der Waals surface area contributed by atoms with Crippen LogP contribution >= 0.6 is 11.8 Å². The molecule has 0 saturated carbocycles. The van der Waals surface area contributed by atoms with Crippen molar-refractivity contribution in [3.63, 3.8) is 0 Å². The van der Waals surface area contributed by atoms with E-state index in [1.807, 2.05) is 36.4 Å². The molecule has 3 atom stereocenters. The number of carbonyl (C=O) groups excluding carboxylic acids is 2. The summed E-state index contributed by atoms with van der Waals surface area (Å²) in [6.45, 7) is 1.84. The Morgan fingerprint density at radius 1 is 1.06 bits per heavy atom. The van der Waals surface area contributed by atoms with E-state index in [9.17, 15) is 14.7 Å². The molecular formula is C25H32N2O7S. The second-order valence-electron chi connectivity index (χ2n) is 7.88. The summed E-state index contributed by atoms with van der Waals surface area (Å²) in [7, 11) is 0. The number of hydrogen-bond donors (Lipinski definition) is 4. The minimum Gasteiger partial charge on any atom is -0.465 e. The van der Waals surface area contributed by atoms with E-state index in [0.717, 1.165) is 22.4 Å². The number of nitrogens with one attached hydrogen (secondary N) is 2. The van der Waals surface area contributed by atoms with E-state index < -0.39 is 18.3 Å². The van der Waals surface area contributed by atoms with Gasteiger partial charge in [0.2, 0.25) is 0 Å². The number of rotatable bonds is 11. The molecule has 0 spiro atoms. The zero-order chi connectivity index (χ0) is 25.0. The summed E-state index contributed by atoms with van der Waals surface area (Å²) in [5.41, 5.74) is 3.19. The Balaban J connectivity index is 1.65. The lowest BCUT2D eigenvalue weighted by molar-refractivity contribution is -0.245. The monoisotopic (exact) mass is 504 g/mol. The van der Waals surface area contributed by atoms with Crippen LogP contribution in [0.1, 0.15) is 42.4 Å². The fourth-order valence-corrected chi connectivity index (χ4v) is 4.34. The van der Waals surface area contributed by atoms with Crippen LogP contribution in [0.2, 0.25) is 0 Å². The van der Waals surface area contributed by atoms with Crippen molar-refractivity contribution in [2.75, 3.05) is 36.6 Å². The van der Waals surface area contributed by atoms with Crippen molar-refractivity contribution >= 4 is 29.4 Å². The number of amides is 2. The highest BCUT2D eigenvalue weighted by molar-refractivity contribution is 7.99. The summed E-state index contributed by atoms with van der Waals surface area (Å²) in [5.74, 6) is 0.864. The first-order valence-corrected chi connectivity index (χ1v) is 12.7. The molecule has 3 rings (SSSR count). The van der Waals surface area contributed by atoms with Gasteiger partial charge in [-0.15, -0.1) is 0 Å². The second kappa shape index (κ2) is 14.1. The van der Waals surface area contributed by atoms with Gasteiger partial charge >= 0.3 is 12.0 Å². The van der Waals surface area contributed by atoms with Crippen LogP contribution in [0.15, 0.2) is 48.5 Å². The maximum atomic E-state index is 12.0. The van der Waals surface area contributed by atoms with Gasteiger partial charge in [0.25, 0.3) is 0 Å². The van der Waals surface area contributed by atoms with E-state index >= 15 is 0 Å². The normalized spacial score (nSPS) is 19.7. The van der Waals surface area contributed by atoms with Crippen molar-refractivity contribution in [1.82, 2.24) is 5.32 Å². The average Bonchev–Trinajstić information content (AvgIpc) is 2.88. The summed E-state index contributed by atoms with van der Waals surface area (Å²) in [5, 5.41) is 23.6. The fraction of sp³-hybridized carbons (Fsp3) is 0.440. The molecule has 35 heavy (non-hydrogen) atoms. The third-order valence-electron chi connectivity index (χ3n) is 5.29. The minimum atomic E-state index is -0.599. The molecule has 9 nitrogen and oxygen atoms in total.